The van der Waals surface area contributed by atoms with E-state index in [-0.39, 0.29) is 11.7 Å². The van der Waals surface area contributed by atoms with Gasteiger partial charge in [-0.3, -0.25) is 4.72 Å². The second-order valence-electron chi connectivity index (χ2n) is 5.33. The number of fused-ring (bicyclic) bond motifs is 1. The van der Waals surface area contributed by atoms with Gasteiger partial charge in [0.15, 0.2) is 11.5 Å². The van der Waals surface area contributed by atoms with Crippen molar-refractivity contribution in [3.63, 3.8) is 0 Å². The van der Waals surface area contributed by atoms with Gasteiger partial charge in [0.1, 0.15) is 5.82 Å². The van der Waals surface area contributed by atoms with Gasteiger partial charge in [0.25, 0.3) is 10.0 Å². The summed E-state index contributed by atoms with van der Waals surface area (Å²) in [4.78, 5) is 4.31. The maximum atomic E-state index is 12.4. The Hall–Kier alpha value is -2.48. The van der Waals surface area contributed by atoms with Crippen LogP contribution in [0.15, 0.2) is 41.4 Å². The molecular formula is C16H19N3O4S. The van der Waals surface area contributed by atoms with E-state index < -0.39 is 10.0 Å². The minimum absolute atomic E-state index is 0.0999. The Morgan fingerprint density at radius 3 is 2.75 bits per heavy atom. The number of nitrogens with zero attached hydrogens (tertiary/aromatic N) is 1. The molecule has 0 radical (unpaired) electrons. The van der Waals surface area contributed by atoms with Crippen LogP contribution in [0.5, 0.6) is 11.5 Å². The van der Waals surface area contributed by atoms with Crippen LogP contribution in [0, 0.1) is 0 Å². The Bertz CT molecular complexity index is 807. The molecule has 0 unspecified atom stereocenters. The first-order chi connectivity index (χ1) is 11.6. The molecule has 0 bridgehead atoms. The third kappa shape index (κ3) is 3.70. The van der Waals surface area contributed by atoms with E-state index in [0.29, 0.717) is 17.2 Å². The summed E-state index contributed by atoms with van der Waals surface area (Å²) in [7, 11) is -3.71. The maximum Gasteiger partial charge on any atom is 0.262 e. The second-order valence-corrected chi connectivity index (χ2v) is 7.02. The Balaban J connectivity index is 1.70. The van der Waals surface area contributed by atoms with E-state index in [2.05, 4.69) is 21.9 Å². The predicted octanol–water partition coefficient (Wildman–Crippen LogP) is 2.82. The molecule has 0 atom stereocenters. The largest absolute Gasteiger partial charge is 0.454 e. The second kappa shape index (κ2) is 6.96. The van der Waals surface area contributed by atoms with Crippen molar-refractivity contribution in [2.45, 2.75) is 24.7 Å². The van der Waals surface area contributed by atoms with Crippen LogP contribution in [-0.4, -0.2) is 26.7 Å². The lowest BCUT2D eigenvalue weighted by molar-refractivity contribution is 0.174. The summed E-state index contributed by atoms with van der Waals surface area (Å²) in [5.74, 6) is 1.68. The fraction of sp³-hybridized carbons (Fsp3) is 0.312. The van der Waals surface area contributed by atoms with Gasteiger partial charge in [0.2, 0.25) is 6.79 Å². The van der Waals surface area contributed by atoms with Crippen LogP contribution in [0.2, 0.25) is 0 Å². The highest BCUT2D eigenvalue weighted by Crippen LogP contribution is 2.34. The lowest BCUT2D eigenvalue weighted by Crippen LogP contribution is -2.13. The molecular weight excluding hydrogens is 330 g/mol. The monoisotopic (exact) mass is 349 g/mol. The lowest BCUT2D eigenvalue weighted by Gasteiger charge is -2.09. The van der Waals surface area contributed by atoms with Crippen LogP contribution in [-0.2, 0) is 10.0 Å². The van der Waals surface area contributed by atoms with Crippen LogP contribution >= 0.6 is 0 Å². The predicted molar refractivity (Wildman–Crippen MR) is 91.0 cm³/mol. The maximum absolute atomic E-state index is 12.4. The summed E-state index contributed by atoms with van der Waals surface area (Å²) < 4.78 is 37.8. The van der Waals surface area contributed by atoms with Crippen LogP contribution < -0.4 is 19.5 Å². The van der Waals surface area contributed by atoms with Crippen LogP contribution in [0.1, 0.15) is 19.8 Å². The molecule has 0 aliphatic carbocycles. The minimum Gasteiger partial charge on any atom is -0.454 e. The molecule has 1 aromatic heterocycles. The van der Waals surface area contributed by atoms with Crippen molar-refractivity contribution >= 4 is 21.5 Å². The summed E-state index contributed by atoms with van der Waals surface area (Å²) in [6, 6.07) is 7.91. The van der Waals surface area contributed by atoms with Gasteiger partial charge in [-0.2, -0.15) is 0 Å². The zero-order chi connectivity index (χ0) is 17.0. The lowest BCUT2D eigenvalue weighted by atomic mass is 10.3. The SMILES string of the molecule is CCCCNc1ccc(NS(=O)(=O)c2ccc3c(c2)OCO3)cn1. The van der Waals surface area contributed by atoms with Gasteiger partial charge >= 0.3 is 0 Å². The number of ether oxygens (including phenoxy) is 2. The summed E-state index contributed by atoms with van der Waals surface area (Å²) >= 11 is 0. The van der Waals surface area contributed by atoms with Gasteiger partial charge in [0.05, 0.1) is 16.8 Å². The molecule has 0 saturated carbocycles. The third-order valence-corrected chi connectivity index (χ3v) is 4.89. The summed E-state index contributed by atoms with van der Waals surface area (Å²) in [5, 5.41) is 3.18. The Morgan fingerprint density at radius 1 is 1.17 bits per heavy atom. The molecule has 7 nitrogen and oxygen atoms in total. The van der Waals surface area contributed by atoms with Gasteiger partial charge in [-0.25, -0.2) is 13.4 Å². The first-order valence-electron chi connectivity index (χ1n) is 7.71. The van der Waals surface area contributed by atoms with Gasteiger partial charge in [-0.15, -0.1) is 0 Å². The number of anilines is 2. The fourth-order valence-corrected chi connectivity index (χ4v) is 3.27. The number of hydrogen-bond acceptors (Lipinski definition) is 6. The first-order valence-corrected chi connectivity index (χ1v) is 9.19. The van der Waals surface area contributed by atoms with Crippen molar-refractivity contribution < 1.29 is 17.9 Å². The number of unbranched alkanes of at least 4 members (excludes halogenated alkanes) is 1. The highest BCUT2D eigenvalue weighted by atomic mass is 32.2. The third-order valence-electron chi connectivity index (χ3n) is 3.51. The number of pyridine rings is 1. The summed E-state index contributed by atoms with van der Waals surface area (Å²) in [6.07, 6.45) is 3.64. The Morgan fingerprint density at radius 2 is 2.00 bits per heavy atom. The van der Waals surface area contributed by atoms with Crippen LogP contribution in [0.4, 0.5) is 11.5 Å². The molecule has 0 saturated heterocycles. The number of hydrogen-bond donors (Lipinski definition) is 2. The zero-order valence-corrected chi connectivity index (χ0v) is 14.1. The number of aromatic nitrogens is 1. The van der Waals surface area contributed by atoms with E-state index in [1.54, 1.807) is 18.2 Å². The molecule has 8 heteroatoms. The van der Waals surface area contributed by atoms with Crippen molar-refractivity contribution in [2.75, 3.05) is 23.4 Å². The van der Waals surface area contributed by atoms with E-state index >= 15 is 0 Å². The van der Waals surface area contributed by atoms with Crippen molar-refractivity contribution in [2.24, 2.45) is 0 Å². The molecule has 24 heavy (non-hydrogen) atoms. The van der Waals surface area contributed by atoms with Gasteiger partial charge in [-0.1, -0.05) is 13.3 Å². The average molecular weight is 349 g/mol. The molecule has 3 rings (SSSR count). The van der Waals surface area contributed by atoms with Gasteiger partial charge < -0.3 is 14.8 Å². The van der Waals surface area contributed by atoms with Gasteiger partial charge in [-0.05, 0) is 30.7 Å². The average Bonchev–Trinajstić information content (AvgIpc) is 3.04. The quantitative estimate of drug-likeness (QED) is 0.747. The van der Waals surface area contributed by atoms with E-state index in [0.717, 1.165) is 25.2 Å². The Labute approximate surface area is 141 Å². The molecule has 2 heterocycles. The Kier molecular flexibility index (Phi) is 4.75. The summed E-state index contributed by atoms with van der Waals surface area (Å²) in [5.41, 5.74) is 0.397. The standard InChI is InChI=1S/C16H19N3O4S/c1-2-3-8-17-16-7-4-12(10-18-16)19-24(20,21)13-5-6-14-15(9-13)23-11-22-14/h4-7,9-10,19H,2-3,8,11H2,1H3,(H,17,18). The highest BCUT2D eigenvalue weighted by molar-refractivity contribution is 7.92. The first kappa shape index (κ1) is 16.4. The molecule has 128 valence electrons. The van der Waals surface area contributed by atoms with E-state index in [4.69, 9.17) is 9.47 Å². The van der Waals surface area contributed by atoms with Crippen molar-refractivity contribution in [3.05, 3.63) is 36.5 Å². The molecule has 1 aromatic carbocycles. The molecule has 1 aliphatic heterocycles. The van der Waals surface area contributed by atoms with E-state index in [1.807, 2.05) is 0 Å². The van der Waals surface area contributed by atoms with E-state index in [9.17, 15) is 8.42 Å². The number of benzene rings is 1. The topological polar surface area (TPSA) is 89.5 Å². The highest BCUT2D eigenvalue weighted by Gasteiger charge is 2.20. The number of nitrogens with one attached hydrogen (secondary N) is 2. The van der Waals surface area contributed by atoms with Crippen LogP contribution in [0.25, 0.3) is 0 Å². The van der Waals surface area contributed by atoms with Crippen molar-refractivity contribution in [1.82, 2.24) is 4.98 Å². The molecule has 2 N–H and O–H groups in total. The van der Waals surface area contributed by atoms with E-state index in [1.165, 1.54) is 18.3 Å². The molecule has 0 spiro atoms. The fourth-order valence-electron chi connectivity index (χ4n) is 2.21. The number of sulfonamides is 1. The van der Waals surface area contributed by atoms with Crippen LogP contribution in [0.3, 0.4) is 0 Å². The minimum atomic E-state index is -3.71. The van der Waals surface area contributed by atoms with Crippen molar-refractivity contribution in [3.8, 4) is 11.5 Å². The molecule has 2 aromatic rings. The molecule has 0 fully saturated rings. The zero-order valence-electron chi connectivity index (χ0n) is 13.3. The normalized spacial score (nSPS) is 12.9. The van der Waals surface area contributed by atoms with Crippen molar-refractivity contribution in [1.29, 1.82) is 0 Å². The molecule has 1 aliphatic rings. The molecule has 0 amide bonds. The van der Waals surface area contributed by atoms with Gasteiger partial charge in [0, 0.05) is 12.6 Å². The summed E-state index contributed by atoms with van der Waals surface area (Å²) in [6.45, 7) is 3.05. The smallest absolute Gasteiger partial charge is 0.262 e. The number of rotatable bonds is 7.